The van der Waals surface area contributed by atoms with Gasteiger partial charge in [0.05, 0.1) is 13.5 Å². The van der Waals surface area contributed by atoms with Crippen molar-refractivity contribution in [3.63, 3.8) is 0 Å². The Balaban J connectivity index is 2.66. The minimum atomic E-state index is -0.851. The Hall–Kier alpha value is -2.70. The van der Waals surface area contributed by atoms with Crippen LogP contribution in [0.5, 0.6) is 0 Å². The number of carbonyl (C=O) groups excluding carboxylic acids is 3. The Morgan fingerprint density at radius 3 is 2.67 bits per heavy atom. The molecule has 0 heterocycles. The fourth-order valence-electron chi connectivity index (χ4n) is 1.93. The van der Waals surface area contributed by atoms with Crippen LogP contribution in [0, 0.1) is 5.82 Å². The van der Waals surface area contributed by atoms with Crippen LogP contribution < -0.4 is 5.32 Å². The number of halogens is 1. The normalized spacial score (nSPS) is 9.96. The number of carbonyl (C=O) groups is 3. The van der Waals surface area contributed by atoms with E-state index < -0.39 is 23.6 Å². The maximum atomic E-state index is 13.9. The molecule has 0 saturated heterocycles. The van der Waals surface area contributed by atoms with Crippen LogP contribution in [0.15, 0.2) is 30.9 Å². The van der Waals surface area contributed by atoms with Gasteiger partial charge in [0.2, 0.25) is 0 Å². The molecule has 6 nitrogen and oxygen atoms in total. The molecule has 24 heavy (non-hydrogen) atoms. The molecule has 7 heteroatoms. The molecule has 1 aromatic carbocycles. The molecule has 0 bridgehead atoms. The van der Waals surface area contributed by atoms with Crippen LogP contribution in [0.1, 0.15) is 18.4 Å². The molecule has 0 aliphatic carbocycles. The van der Waals surface area contributed by atoms with E-state index in [1.165, 1.54) is 31.2 Å². The predicted molar refractivity (Wildman–Crippen MR) is 87.8 cm³/mol. The Bertz CT molecular complexity index is 631. The summed E-state index contributed by atoms with van der Waals surface area (Å²) in [6.07, 6.45) is 2.97. The number of unbranched alkanes of at least 4 members (excludes halogenated alkanes) is 1. The maximum absolute atomic E-state index is 13.9. The second-order valence-corrected chi connectivity index (χ2v) is 5.17. The van der Waals surface area contributed by atoms with Crippen LogP contribution >= 0.6 is 0 Å². The number of nitrogens with one attached hydrogen (secondary N) is 1. The smallest absolute Gasteiger partial charge is 0.313 e. The minimum Gasteiger partial charge on any atom is -0.469 e. The van der Waals surface area contributed by atoms with Crippen LogP contribution in [-0.4, -0.2) is 43.4 Å². The van der Waals surface area contributed by atoms with Crippen molar-refractivity contribution in [2.24, 2.45) is 0 Å². The van der Waals surface area contributed by atoms with Crippen LogP contribution in [-0.2, 0) is 25.5 Å². The van der Waals surface area contributed by atoms with Crippen molar-refractivity contribution in [3.8, 4) is 0 Å². The molecule has 0 aliphatic heterocycles. The highest BCUT2D eigenvalue weighted by atomic mass is 19.1. The fourth-order valence-corrected chi connectivity index (χ4v) is 1.93. The molecule has 0 spiro atoms. The Morgan fingerprint density at radius 2 is 2.08 bits per heavy atom. The predicted octanol–water partition coefficient (Wildman–Crippen LogP) is 1.90. The van der Waals surface area contributed by atoms with E-state index in [0.717, 1.165) is 12.5 Å². The summed E-state index contributed by atoms with van der Waals surface area (Å²) in [7, 11) is 2.73. The summed E-state index contributed by atoms with van der Waals surface area (Å²) in [6, 6.07) is 3.84. The van der Waals surface area contributed by atoms with Crippen molar-refractivity contribution in [2.45, 2.75) is 19.3 Å². The van der Waals surface area contributed by atoms with E-state index in [2.05, 4.69) is 16.6 Å². The first-order valence-electron chi connectivity index (χ1n) is 7.41. The third-order valence-corrected chi connectivity index (χ3v) is 3.32. The summed E-state index contributed by atoms with van der Waals surface area (Å²) in [5, 5.41) is 2.34. The second kappa shape index (κ2) is 9.44. The number of likely N-dealkylation sites (N-methyl/N-ethyl adjacent to an activating group) is 1. The van der Waals surface area contributed by atoms with E-state index in [1.54, 1.807) is 6.08 Å². The maximum Gasteiger partial charge on any atom is 0.313 e. The number of amides is 2. The molecule has 1 aromatic rings. The number of hydrogen-bond acceptors (Lipinski definition) is 4. The summed E-state index contributed by atoms with van der Waals surface area (Å²) in [4.78, 5) is 36.2. The number of nitrogens with zero attached hydrogens (tertiary/aromatic N) is 1. The molecule has 0 radical (unpaired) electrons. The van der Waals surface area contributed by atoms with E-state index in [0.29, 0.717) is 13.0 Å². The lowest BCUT2D eigenvalue weighted by atomic mass is 10.1. The molecule has 2 amide bonds. The van der Waals surface area contributed by atoms with E-state index in [-0.39, 0.29) is 17.7 Å². The molecule has 0 aliphatic rings. The van der Waals surface area contributed by atoms with Gasteiger partial charge >= 0.3 is 17.8 Å². The summed E-state index contributed by atoms with van der Waals surface area (Å²) in [6.45, 7) is 4.01. The van der Waals surface area contributed by atoms with E-state index in [4.69, 9.17) is 0 Å². The minimum absolute atomic E-state index is 0.138. The summed E-state index contributed by atoms with van der Waals surface area (Å²) >= 11 is 0. The first-order valence-corrected chi connectivity index (χ1v) is 7.41. The number of methoxy groups -OCH3 is 1. The number of esters is 1. The van der Waals surface area contributed by atoms with Gasteiger partial charge in [0, 0.05) is 19.3 Å². The van der Waals surface area contributed by atoms with Gasteiger partial charge in [-0.3, -0.25) is 14.4 Å². The Kier molecular flexibility index (Phi) is 7.61. The number of ether oxygens (including phenoxy) is 1. The first kappa shape index (κ1) is 19.3. The average Bonchev–Trinajstić information content (AvgIpc) is 2.56. The lowest BCUT2D eigenvalue weighted by Gasteiger charge is -2.16. The molecule has 0 unspecified atom stereocenters. The van der Waals surface area contributed by atoms with Gasteiger partial charge in [-0.25, -0.2) is 4.39 Å². The third-order valence-electron chi connectivity index (χ3n) is 3.32. The molecular weight excluding hydrogens is 315 g/mol. The lowest BCUT2D eigenvalue weighted by Crippen LogP contribution is -2.37. The largest absolute Gasteiger partial charge is 0.469 e. The number of rotatable bonds is 7. The molecule has 0 saturated carbocycles. The number of anilines is 1. The van der Waals surface area contributed by atoms with E-state index in [9.17, 15) is 18.8 Å². The number of hydrogen-bond donors (Lipinski definition) is 1. The third kappa shape index (κ3) is 5.83. The van der Waals surface area contributed by atoms with Gasteiger partial charge < -0.3 is 15.0 Å². The van der Waals surface area contributed by atoms with Gasteiger partial charge in [0.25, 0.3) is 0 Å². The second-order valence-electron chi connectivity index (χ2n) is 5.17. The van der Waals surface area contributed by atoms with E-state index >= 15 is 0 Å². The highest BCUT2D eigenvalue weighted by Gasteiger charge is 2.19. The first-order chi connectivity index (χ1) is 11.4. The summed E-state index contributed by atoms with van der Waals surface area (Å²) < 4.78 is 18.4. The van der Waals surface area contributed by atoms with Gasteiger partial charge in [-0.05, 0) is 30.5 Å². The molecular formula is C17H21FN2O4. The van der Waals surface area contributed by atoms with Crippen molar-refractivity contribution >= 4 is 23.5 Å². The fraction of sp³-hybridized carbons (Fsp3) is 0.353. The Morgan fingerprint density at radius 1 is 1.38 bits per heavy atom. The molecule has 0 atom stereocenters. The lowest BCUT2D eigenvalue weighted by molar-refractivity contribution is -0.142. The SMILES string of the molecule is C=CCCCN(C)C(=O)C(=O)Nc1ccc(CC(=O)OC)c(F)c1. The van der Waals surface area contributed by atoms with Crippen LogP contribution in [0.2, 0.25) is 0 Å². The molecule has 1 rings (SSSR count). The van der Waals surface area contributed by atoms with Gasteiger partial charge in [-0.15, -0.1) is 6.58 Å². The van der Waals surface area contributed by atoms with Crippen LogP contribution in [0.4, 0.5) is 10.1 Å². The summed E-state index contributed by atoms with van der Waals surface area (Å²) in [5.74, 6) is -2.79. The number of allylic oxidation sites excluding steroid dienone is 1. The van der Waals surface area contributed by atoms with Crippen molar-refractivity contribution in [1.29, 1.82) is 0 Å². The zero-order valence-corrected chi connectivity index (χ0v) is 13.8. The Labute approximate surface area is 140 Å². The van der Waals surface area contributed by atoms with Gasteiger partial charge in [-0.2, -0.15) is 0 Å². The van der Waals surface area contributed by atoms with Gasteiger partial charge in [0.1, 0.15) is 5.82 Å². The van der Waals surface area contributed by atoms with Crippen molar-refractivity contribution in [3.05, 3.63) is 42.2 Å². The van der Waals surface area contributed by atoms with Crippen LogP contribution in [0.25, 0.3) is 0 Å². The highest BCUT2D eigenvalue weighted by Crippen LogP contribution is 2.15. The molecule has 1 N–H and O–H groups in total. The van der Waals surface area contributed by atoms with Crippen molar-refractivity contribution in [1.82, 2.24) is 4.90 Å². The highest BCUT2D eigenvalue weighted by molar-refractivity contribution is 6.39. The molecule has 130 valence electrons. The van der Waals surface area contributed by atoms with Gasteiger partial charge in [-0.1, -0.05) is 12.1 Å². The van der Waals surface area contributed by atoms with Crippen molar-refractivity contribution in [2.75, 3.05) is 26.0 Å². The standard InChI is InChI=1S/C17H21FN2O4/c1-4-5-6-9-20(2)17(23)16(22)19-13-8-7-12(14(18)11-13)10-15(21)24-3/h4,7-8,11H,1,5-6,9-10H2,2-3H3,(H,19,22). The van der Waals surface area contributed by atoms with E-state index in [1.807, 2.05) is 0 Å². The monoisotopic (exact) mass is 336 g/mol. The van der Waals surface area contributed by atoms with Gasteiger partial charge in [0.15, 0.2) is 0 Å². The molecule has 0 fully saturated rings. The quantitative estimate of drug-likeness (QED) is 0.357. The molecule has 0 aromatic heterocycles. The van der Waals surface area contributed by atoms with Crippen LogP contribution in [0.3, 0.4) is 0 Å². The van der Waals surface area contributed by atoms with Crippen molar-refractivity contribution < 1.29 is 23.5 Å². The topological polar surface area (TPSA) is 75.7 Å². The zero-order chi connectivity index (χ0) is 18.1. The zero-order valence-electron chi connectivity index (χ0n) is 13.8. The average molecular weight is 336 g/mol. The summed E-state index contributed by atoms with van der Waals surface area (Å²) in [5.41, 5.74) is 0.284. The number of benzene rings is 1.